The zero-order valence-electron chi connectivity index (χ0n) is 45.4. The van der Waals surface area contributed by atoms with Gasteiger partial charge in [-0.3, -0.25) is 18.7 Å². The molecule has 0 aliphatic carbocycles. The minimum Gasteiger partial charge on any atom is -0.497 e. The Balaban J connectivity index is 1.08. The molecule has 0 unspecified atom stereocenters. The summed E-state index contributed by atoms with van der Waals surface area (Å²) in [7, 11) is 15.0. The summed E-state index contributed by atoms with van der Waals surface area (Å²) in [4.78, 5) is 63.2. The minimum atomic E-state index is -0.424. The van der Waals surface area contributed by atoms with E-state index in [2.05, 4.69) is 58.7 Å². The number of likely N-dealkylation sites (N-methyl/N-ethyl adjacent to an activating group) is 4. The number of nitriles is 1. The number of anilines is 8. The Morgan fingerprint density at radius 3 is 1.77 bits per heavy atom. The molecule has 0 spiro atoms. The second kappa shape index (κ2) is 24.4. The lowest BCUT2D eigenvalue weighted by atomic mass is 10.2. The Morgan fingerprint density at radius 2 is 1.21 bits per heavy atom. The first-order valence-electron chi connectivity index (χ1n) is 24.8. The van der Waals surface area contributed by atoms with Crippen molar-refractivity contribution in [3.05, 3.63) is 127 Å². The molecule has 4 aromatic carbocycles. The lowest BCUT2D eigenvalue weighted by Crippen LogP contribution is -2.29. The maximum absolute atomic E-state index is 14.0. The number of aryl methyl sites for hydroxylation is 2. The molecule has 402 valence electrons. The molecule has 0 radical (unpaired) electrons. The van der Waals surface area contributed by atoms with E-state index < -0.39 is 11.8 Å². The highest BCUT2D eigenvalue weighted by molar-refractivity contribution is 6.03. The number of hydrogen-bond acceptors (Lipinski definition) is 18. The number of amides is 2. The summed E-state index contributed by atoms with van der Waals surface area (Å²) in [6.45, 7) is 10.1. The number of rotatable bonds is 23. The minimum absolute atomic E-state index is 0.0336. The highest BCUT2D eigenvalue weighted by atomic mass is 16.5. The molecular formula is C56H63N17O5. The van der Waals surface area contributed by atoms with E-state index in [0.29, 0.717) is 98.8 Å². The largest absolute Gasteiger partial charge is 0.497 e. The van der Waals surface area contributed by atoms with Gasteiger partial charge in [-0.1, -0.05) is 6.58 Å². The smallest absolute Gasteiger partial charge is 0.248 e. The summed E-state index contributed by atoms with van der Waals surface area (Å²) < 4.78 is 21.7. The van der Waals surface area contributed by atoms with Crippen molar-refractivity contribution in [1.82, 2.24) is 48.8 Å². The van der Waals surface area contributed by atoms with Crippen molar-refractivity contribution >= 4 is 79.9 Å². The van der Waals surface area contributed by atoms with Gasteiger partial charge in [0.15, 0.2) is 0 Å². The molecule has 0 saturated carbocycles. The van der Waals surface area contributed by atoms with Crippen LogP contribution in [-0.2, 0) is 9.59 Å². The van der Waals surface area contributed by atoms with Crippen molar-refractivity contribution in [1.29, 1.82) is 5.26 Å². The van der Waals surface area contributed by atoms with Crippen LogP contribution < -0.4 is 45.3 Å². The Kier molecular flexibility index (Phi) is 17.1. The fraction of sp³-hybridized carbons (Fsp3) is 0.268. The summed E-state index contributed by atoms with van der Waals surface area (Å²) in [6.07, 6.45) is 7.50. The van der Waals surface area contributed by atoms with Gasteiger partial charge in [-0.05, 0) is 109 Å². The van der Waals surface area contributed by atoms with Crippen LogP contribution in [-0.4, -0.2) is 150 Å². The number of methoxy groups -OCH3 is 2. The molecule has 0 aliphatic heterocycles. The molecule has 78 heavy (non-hydrogen) atoms. The Morgan fingerprint density at radius 1 is 0.641 bits per heavy atom. The molecule has 22 heteroatoms. The number of carbonyl (C=O) groups is 2. The maximum Gasteiger partial charge on any atom is 0.248 e. The van der Waals surface area contributed by atoms with Gasteiger partial charge in [0.2, 0.25) is 23.7 Å². The van der Waals surface area contributed by atoms with Crippen molar-refractivity contribution in [3.8, 4) is 35.0 Å². The summed E-state index contributed by atoms with van der Waals surface area (Å²) in [5.41, 5.74) is 6.83. The number of fused-ring (bicyclic) bond motifs is 2. The predicted octanol–water partition coefficient (Wildman–Crippen LogP) is 7.63. The third-order valence-corrected chi connectivity index (χ3v) is 12.5. The van der Waals surface area contributed by atoms with Gasteiger partial charge >= 0.3 is 0 Å². The normalized spacial score (nSPS) is 11.3. The van der Waals surface area contributed by atoms with Gasteiger partial charge in [-0.2, -0.15) is 15.2 Å². The van der Waals surface area contributed by atoms with Crippen LogP contribution in [0.1, 0.15) is 17.2 Å². The van der Waals surface area contributed by atoms with Crippen LogP contribution in [0.3, 0.4) is 0 Å². The van der Waals surface area contributed by atoms with Crippen molar-refractivity contribution in [2.45, 2.75) is 13.8 Å². The third kappa shape index (κ3) is 12.7. The fourth-order valence-corrected chi connectivity index (χ4v) is 8.51. The lowest BCUT2D eigenvalue weighted by molar-refractivity contribution is -0.112. The molecule has 0 aliphatic rings. The first-order chi connectivity index (χ1) is 37.5. The number of carbonyl (C=O) groups excluding carboxylic acids is 2. The Bertz CT molecular complexity index is 3580. The molecule has 22 nitrogen and oxygen atoms in total. The number of nitrogens with zero attached hydrogens (tertiary/aromatic N) is 13. The fourth-order valence-electron chi connectivity index (χ4n) is 8.51. The second-order valence-electron chi connectivity index (χ2n) is 18.7. The van der Waals surface area contributed by atoms with E-state index in [-0.39, 0.29) is 18.5 Å². The van der Waals surface area contributed by atoms with Crippen LogP contribution >= 0.6 is 0 Å². The molecule has 0 bridgehead atoms. The van der Waals surface area contributed by atoms with Crippen LogP contribution in [0.5, 0.6) is 17.2 Å². The molecule has 2 amide bonds. The lowest BCUT2D eigenvalue weighted by Gasteiger charge is -2.26. The molecule has 4 heterocycles. The van der Waals surface area contributed by atoms with E-state index in [1.54, 1.807) is 69.1 Å². The molecule has 0 fully saturated rings. The molecule has 4 N–H and O–H groups in total. The number of ether oxygens (including phenoxy) is 3. The first-order valence-corrected chi connectivity index (χ1v) is 24.8. The molecule has 4 aromatic heterocycles. The van der Waals surface area contributed by atoms with Gasteiger partial charge in [0.1, 0.15) is 47.1 Å². The Labute approximate surface area is 452 Å². The van der Waals surface area contributed by atoms with Crippen molar-refractivity contribution in [2.24, 2.45) is 0 Å². The third-order valence-electron chi connectivity index (χ3n) is 12.5. The van der Waals surface area contributed by atoms with Crippen LogP contribution in [0, 0.1) is 25.2 Å². The molecule has 8 rings (SSSR count). The van der Waals surface area contributed by atoms with Gasteiger partial charge in [-0.25, -0.2) is 19.9 Å². The molecule has 0 saturated heterocycles. The number of imidazole rings is 2. The van der Waals surface area contributed by atoms with Gasteiger partial charge in [0.05, 0.1) is 82.0 Å². The van der Waals surface area contributed by atoms with Gasteiger partial charge in [-0.15, -0.1) is 0 Å². The van der Waals surface area contributed by atoms with Crippen LogP contribution in [0.25, 0.3) is 33.7 Å². The maximum atomic E-state index is 14.0. The highest BCUT2D eigenvalue weighted by Gasteiger charge is 2.21. The van der Waals surface area contributed by atoms with E-state index in [9.17, 15) is 14.9 Å². The number of hydrogen-bond donors (Lipinski definition) is 4. The predicted molar refractivity (Wildman–Crippen MR) is 306 cm³/mol. The second-order valence-corrected chi connectivity index (χ2v) is 18.7. The van der Waals surface area contributed by atoms with Gasteiger partial charge in [0, 0.05) is 76.9 Å². The average Bonchev–Trinajstić information content (AvgIpc) is 3.99. The van der Waals surface area contributed by atoms with E-state index >= 15 is 0 Å². The highest BCUT2D eigenvalue weighted by Crippen LogP contribution is 2.40. The van der Waals surface area contributed by atoms with Crippen molar-refractivity contribution < 1.29 is 23.8 Å². The zero-order chi connectivity index (χ0) is 55.6. The number of nitrogens with one attached hydrogen (secondary N) is 4. The summed E-state index contributed by atoms with van der Waals surface area (Å²) in [5.74, 6) is 3.73. The van der Waals surface area contributed by atoms with Crippen LogP contribution in [0.4, 0.5) is 46.0 Å². The average molecular weight is 1050 g/mol. The van der Waals surface area contributed by atoms with E-state index in [4.69, 9.17) is 29.2 Å². The molecule has 0 atom stereocenters. The monoisotopic (exact) mass is 1050 g/mol. The van der Waals surface area contributed by atoms with Crippen LogP contribution in [0.15, 0.2) is 110 Å². The van der Waals surface area contributed by atoms with Gasteiger partial charge < -0.3 is 55.1 Å². The quantitative estimate of drug-likeness (QED) is 0.0451. The summed E-state index contributed by atoms with van der Waals surface area (Å²) in [5, 5.41) is 22.1. The number of benzene rings is 4. The summed E-state index contributed by atoms with van der Waals surface area (Å²) >= 11 is 0. The zero-order valence-corrected chi connectivity index (χ0v) is 45.4. The van der Waals surface area contributed by atoms with Gasteiger partial charge in [0.25, 0.3) is 0 Å². The first kappa shape index (κ1) is 54.7. The van der Waals surface area contributed by atoms with E-state index in [0.717, 1.165) is 29.6 Å². The summed E-state index contributed by atoms with van der Waals surface area (Å²) in [6, 6.07) is 23.9. The van der Waals surface area contributed by atoms with Crippen molar-refractivity contribution in [2.75, 3.05) is 120 Å². The van der Waals surface area contributed by atoms with Crippen LogP contribution in [0.2, 0.25) is 0 Å². The topological polar surface area (TPSA) is 234 Å². The standard InChI is InChI=1S/C56H63N17O5/c1-12-53(74)62-41-31-44(65-56-59-22-20-52(67-56)73-35(2)60-39-17-16-38(76-10)29-48(39)73)50(33-47(41)71(9)26-24-69(6)7)78-27-13-14-54(75)63-42-30-43(49(77-11)32-46(42)70(8)25-23-68(4)5)64-55-58-21-19-51(66-55)72-36(3)61-40-28-37(34-57)15-18-45(40)72/h12-22,28-33H,1,23-27H2,2-11H3,(H,62,74)(H,63,75)(H,58,64,66)(H,59,65,67)/b14-13+. The van der Waals surface area contributed by atoms with Crippen molar-refractivity contribution in [3.63, 3.8) is 0 Å². The van der Waals surface area contributed by atoms with E-state index in [1.807, 2.05) is 111 Å². The number of aromatic nitrogens is 8. The molecular weight excluding hydrogens is 991 g/mol. The van der Waals surface area contributed by atoms with E-state index in [1.165, 1.54) is 12.2 Å². The SMILES string of the molecule is C=CC(=O)Nc1cc(Nc2nccc(-n3c(C)nc4ccc(OC)cc43)n2)c(OC/C=C/C(=O)Nc2cc(Nc3nccc(-n4c(C)nc5cc(C#N)ccc54)n3)c(OC)cc2N(C)CCN(C)C)cc1N(C)CCN(C)C. The molecule has 8 aromatic rings. The Hall–Kier alpha value is -9.59.